The number of ether oxygens (including phenoxy) is 2. The molecule has 1 aromatic rings. The average molecular weight is 193 g/mol. The van der Waals surface area contributed by atoms with E-state index in [1.807, 2.05) is 6.07 Å². The summed E-state index contributed by atoms with van der Waals surface area (Å²) < 4.78 is 10.9. The lowest BCUT2D eigenvalue weighted by Crippen LogP contribution is -1.99. The first-order valence-corrected chi connectivity index (χ1v) is 5.03. The number of hydrogen-bond donors (Lipinski definition) is 0. The number of hydrogen-bond acceptors (Lipinski definition) is 3. The summed E-state index contributed by atoms with van der Waals surface area (Å²) in [5, 5.41) is 0. The van der Waals surface area contributed by atoms with Gasteiger partial charge >= 0.3 is 0 Å². The summed E-state index contributed by atoms with van der Waals surface area (Å²) in [5.41, 5.74) is 0.982. The molecule has 0 aliphatic heterocycles. The van der Waals surface area contributed by atoms with Gasteiger partial charge < -0.3 is 9.47 Å². The highest BCUT2D eigenvalue weighted by atomic mass is 16.5. The number of aryl methyl sites for hydroxylation is 1. The maximum absolute atomic E-state index is 5.62. The van der Waals surface area contributed by atoms with Gasteiger partial charge in [0.25, 0.3) is 0 Å². The zero-order valence-corrected chi connectivity index (χ0v) is 8.62. The zero-order valence-electron chi connectivity index (χ0n) is 8.62. The van der Waals surface area contributed by atoms with Crippen LogP contribution in [0.3, 0.4) is 0 Å². The highest BCUT2D eigenvalue weighted by molar-refractivity contribution is 5.35. The molecule has 1 aliphatic rings. The van der Waals surface area contributed by atoms with Crippen molar-refractivity contribution in [2.75, 3.05) is 7.11 Å². The van der Waals surface area contributed by atoms with E-state index in [2.05, 4.69) is 11.9 Å². The Bertz CT molecular complexity index is 321. The van der Waals surface area contributed by atoms with Crippen LogP contribution in [-0.4, -0.2) is 18.2 Å². The van der Waals surface area contributed by atoms with Crippen molar-refractivity contribution in [3.8, 4) is 11.5 Å². The van der Waals surface area contributed by atoms with Crippen molar-refractivity contribution in [3.05, 3.63) is 18.0 Å². The molecule has 1 heterocycles. The molecule has 76 valence electrons. The molecule has 0 radical (unpaired) electrons. The molecule has 0 amide bonds. The van der Waals surface area contributed by atoms with Crippen LogP contribution in [-0.2, 0) is 6.42 Å². The zero-order chi connectivity index (χ0) is 9.97. The van der Waals surface area contributed by atoms with Gasteiger partial charge in [0, 0.05) is 6.07 Å². The second kappa shape index (κ2) is 3.86. The molecule has 1 fully saturated rings. The van der Waals surface area contributed by atoms with Gasteiger partial charge in [0.2, 0.25) is 0 Å². The summed E-state index contributed by atoms with van der Waals surface area (Å²) in [6.45, 7) is 2.06. The van der Waals surface area contributed by atoms with Gasteiger partial charge in [0.15, 0.2) is 0 Å². The van der Waals surface area contributed by atoms with E-state index in [9.17, 15) is 0 Å². The summed E-state index contributed by atoms with van der Waals surface area (Å²) in [6.07, 6.45) is 5.40. The van der Waals surface area contributed by atoms with Gasteiger partial charge in [-0.3, -0.25) is 4.98 Å². The third kappa shape index (κ3) is 1.97. The minimum Gasteiger partial charge on any atom is -0.495 e. The van der Waals surface area contributed by atoms with Crippen molar-refractivity contribution in [2.24, 2.45) is 0 Å². The highest BCUT2D eigenvalue weighted by Crippen LogP contribution is 2.29. The molecule has 0 spiro atoms. The van der Waals surface area contributed by atoms with E-state index in [4.69, 9.17) is 9.47 Å². The van der Waals surface area contributed by atoms with E-state index in [1.54, 1.807) is 13.3 Å². The Morgan fingerprint density at radius 1 is 1.50 bits per heavy atom. The van der Waals surface area contributed by atoms with E-state index in [0.717, 1.165) is 36.5 Å². The number of aromatic nitrogens is 1. The Morgan fingerprint density at radius 3 is 2.86 bits per heavy atom. The van der Waals surface area contributed by atoms with E-state index in [-0.39, 0.29) is 0 Å². The molecule has 0 atom stereocenters. The Balaban J connectivity index is 2.16. The van der Waals surface area contributed by atoms with Crippen LogP contribution >= 0.6 is 0 Å². The number of nitrogens with zero attached hydrogens (tertiary/aromatic N) is 1. The molecular formula is C11H15NO2. The molecule has 3 nitrogen and oxygen atoms in total. The smallest absolute Gasteiger partial charge is 0.144 e. The second-order valence-corrected chi connectivity index (χ2v) is 3.49. The summed E-state index contributed by atoms with van der Waals surface area (Å²) in [4.78, 5) is 4.30. The van der Waals surface area contributed by atoms with Gasteiger partial charge in [0.05, 0.1) is 25.1 Å². The van der Waals surface area contributed by atoms with Crippen LogP contribution in [0.2, 0.25) is 0 Å². The predicted molar refractivity (Wildman–Crippen MR) is 53.8 cm³/mol. The third-order valence-electron chi connectivity index (χ3n) is 2.29. The normalized spacial score (nSPS) is 15.3. The molecule has 3 heteroatoms. The van der Waals surface area contributed by atoms with Crippen molar-refractivity contribution in [1.82, 2.24) is 4.98 Å². The fraction of sp³-hybridized carbons (Fsp3) is 0.545. The minimum atomic E-state index is 0.411. The highest BCUT2D eigenvalue weighted by Gasteiger charge is 2.23. The van der Waals surface area contributed by atoms with E-state index in [1.165, 1.54) is 0 Å². The Labute approximate surface area is 84.1 Å². The fourth-order valence-electron chi connectivity index (χ4n) is 1.34. The van der Waals surface area contributed by atoms with Crippen LogP contribution in [0.5, 0.6) is 11.5 Å². The predicted octanol–water partition coefficient (Wildman–Crippen LogP) is 2.19. The Hall–Kier alpha value is -1.25. The molecule has 2 rings (SSSR count). The first-order chi connectivity index (χ1) is 6.83. The number of pyridine rings is 1. The van der Waals surface area contributed by atoms with Gasteiger partial charge in [-0.2, -0.15) is 0 Å². The van der Waals surface area contributed by atoms with Gasteiger partial charge in [-0.1, -0.05) is 6.92 Å². The largest absolute Gasteiger partial charge is 0.495 e. The van der Waals surface area contributed by atoms with Crippen molar-refractivity contribution in [2.45, 2.75) is 32.3 Å². The van der Waals surface area contributed by atoms with Crippen LogP contribution < -0.4 is 9.47 Å². The molecular weight excluding hydrogens is 178 g/mol. The van der Waals surface area contributed by atoms with Gasteiger partial charge in [-0.25, -0.2) is 0 Å². The fourth-order valence-corrected chi connectivity index (χ4v) is 1.34. The van der Waals surface area contributed by atoms with Gasteiger partial charge in [-0.05, 0) is 19.3 Å². The molecule has 14 heavy (non-hydrogen) atoms. The van der Waals surface area contributed by atoms with Crippen LogP contribution in [0.1, 0.15) is 25.5 Å². The maximum atomic E-state index is 5.62. The quantitative estimate of drug-likeness (QED) is 0.734. The SMILES string of the molecule is CCc1ncc(OC2CC2)cc1OC. The average Bonchev–Trinajstić information content (AvgIpc) is 3.01. The molecule has 0 N–H and O–H groups in total. The van der Waals surface area contributed by atoms with Crippen molar-refractivity contribution in [3.63, 3.8) is 0 Å². The lowest BCUT2D eigenvalue weighted by molar-refractivity contribution is 0.298. The molecule has 1 saturated carbocycles. The minimum absolute atomic E-state index is 0.411. The standard InChI is InChI=1S/C11H15NO2/c1-3-10-11(13-2)6-9(7-12-10)14-8-4-5-8/h6-8H,3-5H2,1-2H3. The van der Waals surface area contributed by atoms with Crippen LogP contribution in [0.15, 0.2) is 12.3 Å². The summed E-state index contributed by atoms with van der Waals surface area (Å²) in [7, 11) is 1.66. The number of methoxy groups -OCH3 is 1. The molecule has 0 unspecified atom stereocenters. The molecule has 1 aliphatic carbocycles. The lowest BCUT2D eigenvalue weighted by atomic mass is 10.2. The topological polar surface area (TPSA) is 31.4 Å². The van der Waals surface area contributed by atoms with E-state index < -0.39 is 0 Å². The van der Waals surface area contributed by atoms with E-state index in [0.29, 0.717) is 6.10 Å². The van der Waals surface area contributed by atoms with Crippen LogP contribution in [0, 0.1) is 0 Å². The summed E-state index contributed by atoms with van der Waals surface area (Å²) in [6, 6.07) is 1.92. The molecule has 0 bridgehead atoms. The maximum Gasteiger partial charge on any atom is 0.144 e. The first-order valence-electron chi connectivity index (χ1n) is 5.03. The summed E-state index contributed by atoms with van der Waals surface area (Å²) in [5.74, 6) is 1.65. The first kappa shape index (κ1) is 9.31. The van der Waals surface area contributed by atoms with Gasteiger partial charge in [-0.15, -0.1) is 0 Å². The van der Waals surface area contributed by atoms with E-state index >= 15 is 0 Å². The second-order valence-electron chi connectivity index (χ2n) is 3.49. The van der Waals surface area contributed by atoms with Crippen molar-refractivity contribution >= 4 is 0 Å². The Morgan fingerprint density at radius 2 is 2.29 bits per heavy atom. The van der Waals surface area contributed by atoms with Crippen LogP contribution in [0.4, 0.5) is 0 Å². The summed E-state index contributed by atoms with van der Waals surface area (Å²) >= 11 is 0. The molecule has 0 aromatic carbocycles. The lowest BCUT2D eigenvalue weighted by Gasteiger charge is -2.08. The van der Waals surface area contributed by atoms with Gasteiger partial charge in [0.1, 0.15) is 11.5 Å². The third-order valence-corrected chi connectivity index (χ3v) is 2.29. The van der Waals surface area contributed by atoms with Crippen LogP contribution in [0.25, 0.3) is 0 Å². The molecule has 1 aromatic heterocycles. The monoisotopic (exact) mass is 193 g/mol. The Kier molecular flexibility index (Phi) is 2.57. The molecule has 0 saturated heterocycles. The number of rotatable bonds is 4. The van der Waals surface area contributed by atoms with Crippen molar-refractivity contribution < 1.29 is 9.47 Å². The van der Waals surface area contributed by atoms with Crippen molar-refractivity contribution in [1.29, 1.82) is 0 Å².